The predicted octanol–water partition coefficient (Wildman–Crippen LogP) is 5.86. The fourth-order valence-corrected chi connectivity index (χ4v) is 6.04. The zero-order valence-electron chi connectivity index (χ0n) is 19.0. The van der Waals surface area contributed by atoms with Crippen molar-refractivity contribution < 1.29 is 13.2 Å². The van der Waals surface area contributed by atoms with Crippen LogP contribution in [0, 0.1) is 6.92 Å². The average Bonchev–Trinajstić information content (AvgIpc) is 3.27. The van der Waals surface area contributed by atoms with Gasteiger partial charge in [-0.15, -0.1) is 0 Å². The molecule has 3 aromatic carbocycles. The fraction of sp³-hybridized carbons (Fsp3) is 0.269. The molecule has 0 saturated carbocycles. The Morgan fingerprint density at radius 1 is 1.00 bits per heavy atom. The van der Waals surface area contributed by atoms with Crippen LogP contribution in [0.25, 0.3) is 0 Å². The highest BCUT2D eigenvalue weighted by molar-refractivity contribution is 7.92. The minimum atomic E-state index is -4.08. The smallest absolute Gasteiger partial charge is 0.264 e. The monoisotopic (exact) mass is 516 g/mol. The summed E-state index contributed by atoms with van der Waals surface area (Å²) in [5.41, 5.74) is 4.73. The van der Waals surface area contributed by atoms with Crippen LogP contribution in [0.1, 0.15) is 41.6 Å². The number of nitrogens with one attached hydrogen (secondary N) is 1. The molecule has 0 fully saturated rings. The van der Waals surface area contributed by atoms with Crippen molar-refractivity contribution in [3.8, 4) is 0 Å². The lowest BCUT2D eigenvalue weighted by Gasteiger charge is -2.26. The Labute approximate surface area is 210 Å². The topological polar surface area (TPSA) is 66.5 Å². The maximum Gasteiger partial charge on any atom is 0.264 e. The number of carbonyl (C=O) groups excluding carboxylic acids is 1. The third-order valence-electron chi connectivity index (χ3n) is 6.07. The summed E-state index contributed by atoms with van der Waals surface area (Å²) in [7, 11) is -4.08. The molecule has 34 heavy (non-hydrogen) atoms. The molecule has 0 spiro atoms. The maximum atomic E-state index is 13.6. The molecule has 1 atom stereocenters. The van der Waals surface area contributed by atoms with Gasteiger partial charge in [-0.05, 0) is 80.1 Å². The van der Waals surface area contributed by atoms with Crippen molar-refractivity contribution in [1.82, 2.24) is 5.32 Å². The van der Waals surface area contributed by atoms with Gasteiger partial charge in [0.1, 0.15) is 6.54 Å². The molecule has 0 radical (unpaired) electrons. The van der Waals surface area contributed by atoms with Crippen LogP contribution in [0.4, 0.5) is 5.69 Å². The summed E-state index contributed by atoms with van der Waals surface area (Å²) in [6, 6.07) is 17.0. The van der Waals surface area contributed by atoms with Gasteiger partial charge in [0.05, 0.1) is 21.6 Å². The third kappa shape index (κ3) is 5.24. The molecule has 1 aliphatic carbocycles. The van der Waals surface area contributed by atoms with Gasteiger partial charge in [0.15, 0.2) is 0 Å². The van der Waals surface area contributed by atoms with Gasteiger partial charge >= 0.3 is 0 Å². The molecule has 1 amide bonds. The first-order valence-corrected chi connectivity index (χ1v) is 13.3. The Morgan fingerprint density at radius 3 is 2.44 bits per heavy atom. The Balaban J connectivity index is 1.62. The van der Waals surface area contributed by atoms with E-state index in [0.717, 1.165) is 34.7 Å². The van der Waals surface area contributed by atoms with Crippen LogP contribution in [-0.4, -0.2) is 20.9 Å². The van der Waals surface area contributed by atoms with E-state index in [4.69, 9.17) is 23.2 Å². The van der Waals surface area contributed by atoms with Crippen molar-refractivity contribution in [2.45, 2.75) is 44.0 Å². The zero-order chi connectivity index (χ0) is 24.5. The van der Waals surface area contributed by atoms with Gasteiger partial charge in [-0.3, -0.25) is 9.10 Å². The van der Waals surface area contributed by atoms with Crippen LogP contribution in [0.15, 0.2) is 65.6 Å². The van der Waals surface area contributed by atoms with E-state index < -0.39 is 22.5 Å². The molecular weight excluding hydrogens is 491 g/mol. The summed E-state index contributed by atoms with van der Waals surface area (Å²) in [4.78, 5) is 13.1. The molecule has 178 valence electrons. The van der Waals surface area contributed by atoms with Crippen LogP contribution < -0.4 is 9.62 Å². The van der Waals surface area contributed by atoms with E-state index in [2.05, 4.69) is 17.4 Å². The van der Waals surface area contributed by atoms with E-state index in [1.54, 1.807) is 18.2 Å². The van der Waals surface area contributed by atoms with E-state index >= 15 is 0 Å². The van der Waals surface area contributed by atoms with E-state index in [9.17, 15) is 13.2 Å². The number of halogens is 2. The number of anilines is 1. The quantitative estimate of drug-likeness (QED) is 0.427. The number of rotatable bonds is 7. The molecule has 4 rings (SSSR count). The third-order valence-corrected chi connectivity index (χ3v) is 8.40. The van der Waals surface area contributed by atoms with Gasteiger partial charge < -0.3 is 5.32 Å². The summed E-state index contributed by atoms with van der Waals surface area (Å²) in [5.74, 6) is -0.445. The van der Waals surface area contributed by atoms with Crippen molar-refractivity contribution in [3.63, 3.8) is 0 Å². The first-order valence-electron chi connectivity index (χ1n) is 11.1. The lowest BCUT2D eigenvalue weighted by Crippen LogP contribution is -2.41. The minimum Gasteiger partial charge on any atom is -0.348 e. The highest BCUT2D eigenvalue weighted by Crippen LogP contribution is 2.33. The fourth-order valence-electron chi connectivity index (χ4n) is 4.18. The van der Waals surface area contributed by atoms with Gasteiger partial charge in [0, 0.05) is 5.02 Å². The Hall–Kier alpha value is -2.54. The van der Waals surface area contributed by atoms with Crippen molar-refractivity contribution in [2.75, 3.05) is 10.8 Å². The van der Waals surface area contributed by atoms with E-state index in [1.807, 2.05) is 19.9 Å². The second-order valence-electron chi connectivity index (χ2n) is 8.59. The number of sulfonamides is 1. The molecule has 0 aliphatic heterocycles. The van der Waals surface area contributed by atoms with Crippen molar-refractivity contribution in [3.05, 3.63) is 93.0 Å². The van der Waals surface area contributed by atoms with Crippen LogP contribution in [0.5, 0.6) is 0 Å². The first kappa shape index (κ1) is 24.6. The number of nitrogens with zero attached hydrogens (tertiary/aromatic N) is 1. The number of aryl methyl sites for hydroxylation is 3. The van der Waals surface area contributed by atoms with Gasteiger partial charge in [-0.25, -0.2) is 8.42 Å². The molecule has 0 bridgehead atoms. The van der Waals surface area contributed by atoms with Crippen LogP contribution >= 0.6 is 23.2 Å². The van der Waals surface area contributed by atoms with Crippen LogP contribution in [0.2, 0.25) is 10.0 Å². The molecule has 1 aliphatic rings. The molecule has 8 heteroatoms. The lowest BCUT2D eigenvalue weighted by atomic mass is 10.0. The number of benzene rings is 3. The summed E-state index contributed by atoms with van der Waals surface area (Å²) < 4.78 is 28.2. The van der Waals surface area contributed by atoms with E-state index in [-0.39, 0.29) is 21.6 Å². The average molecular weight is 517 g/mol. The van der Waals surface area contributed by atoms with Crippen LogP contribution in [-0.2, 0) is 27.7 Å². The summed E-state index contributed by atoms with van der Waals surface area (Å²) in [6.45, 7) is 3.32. The van der Waals surface area contributed by atoms with Gasteiger partial charge in [-0.1, -0.05) is 59.1 Å². The molecule has 5 nitrogen and oxygen atoms in total. The lowest BCUT2D eigenvalue weighted by molar-refractivity contribution is -0.120. The second kappa shape index (κ2) is 9.98. The predicted molar refractivity (Wildman–Crippen MR) is 137 cm³/mol. The zero-order valence-corrected chi connectivity index (χ0v) is 21.3. The largest absolute Gasteiger partial charge is 0.348 e. The molecule has 0 aromatic heterocycles. The van der Waals surface area contributed by atoms with Crippen molar-refractivity contribution in [1.29, 1.82) is 0 Å². The number of hydrogen-bond acceptors (Lipinski definition) is 3. The number of hydrogen-bond donors (Lipinski definition) is 1. The molecule has 0 unspecified atom stereocenters. The highest BCUT2D eigenvalue weighted by Gasteiger charge is 2.29. The molecular formula is C26H26Cl2N2O3S. The van der Waals surface area contributed by atoms with E-state index in [1.165, 1.54) is 35.4 Å². The molecule has 1 N–H and O–H groups in total. The number of fused-ring (bicyclic) bond motifs is 1. The number of amides is 1. The molecule has 0 heterocycles. The highest BCUT2D eigenvalue weighted by atomic mass is 35.5. The standard InChI is InChI=1S/C26H26Cl2N2O3S/c1-17-6-11-23(12-7-17)34(32,33)30(25-15-22(27)10-13-24(25)28)16-26(31)29-18(2)20-9-8-19-4-3-5-21(19)14-20/h6-15,18H,3-5,16H2,1-2H3,(H,29,31)/t18-/m0/s1. The van der Waals surface area contributed by atoms with E-state index in [0.29, 0.717) is 5.02 Å². The Bertz CT molecular complexity index is 1320. The molecule has 3 aromatic rings. The van der Waals surface area contributed by atoms with Crippen molar-refractivity contribution in [2.24, 2.45) is 0 Å². The Morgan fingerprint density at radius 2 is 1.71 bits per heavy atom. The second-order valence-corrected chi connectivity index (χ2v) is 11.3. The minimum absolute atomic E-state index is 0.0635. The van der Waals surface area contributed by atoms with Crippen LogP contribution in [0.3, 0.4) is 0 Å². The Kier molecular flexibility index (Phi) is 7.22. The normalized spacial score (nSPS) is 13.9. The summed E-state index contributed by atoms with van der Waals surface area (Å²) >= 11 is 12.5. The van der Waals surface area contributed by atoms with Gasteiger partial charge in [-0.2, -0.15) is 0 Å². The SMILES string of the molecule is Cc1ccc(S(=O)(=O)N(CC(=O)N[C@@H](C)c2ccc3c(c2)CCC3)c2cc(Cl)ccc2Cl)cc1. The summed E-state index contributed by atoms with van der Waals surface area (Å²) in [5, 5.41) is 3.43. The molecule has 0 saturated heterocycles. The van der Waals surface area contributed by atoms with Crippen molar-refractivity contribution >= 4 is 44.8 Å². The first-order chi connectivity index (χ1) is 16.1. The number of carbonyl (C=O) groups is 1. The van der Waals surface area contributed by atoms with Gasteiger partial charge in [0.2, 0.25) is 5.91 Å². The van der Waals surface area contributed by atoms with Gasteiger partial charge in [0.25, 0.3) is 10.0 Å². The summed E-state index contributed by atoms with van der Waals surface area (Å²) in [6.07, 6.45) is 3.27. The maximum absolute atomic E-state index is 13.6.